The number of carbonyl (C=O) groups excluding carboxylic acids is 2. The quantitative estimate of drug-likeness (QED) is 0.535. The van der Waals surface area contributed by atoms with Crippen molar-refractivity contribution >= 4 is 34.2 Å². The molecule has 0 atom stereocenters. The number of rotatable bonds is 7. The van der Waals surface area contributed by atoms with Gasteiger partial charge in [0, 0.05) is 23.6 Å². The monoisotopic (exact) mass is 406 g/mol. The van der Waals surface area contributed by atoms with E-state index in [-0.39, 0.29) is 11.7 Å². The summed E-state index contributed by atoms with van der Waals surface area (Å²) < 4.78 is 11.0. The van der Waals surface area contributed by atoms with Gasteiger partial charge in [0.2, 0.25) is 11.7 Å². The van der Waals surface area contributed by atoms with Crippen molar-refractivity contribution in [2.75, 3.05) is 17.7 Å². The molecule has 0 aliphatic heterocycles. The number of carbonyl (C=O) groups is 2. The van der Waals surface area contributed by atoms with Gasteiger partial charge in [-0.3, -0.25) is 9.59 Å². The van der Waals surface area contributed by atoms with Crippen LogP contribution in [0.25, 0.3) is 11.0 Å². The predicted octanol–water partition coefficient (Wildman–Crippen LogP) is 5.60. The van der Waals surface area contributed by atoms with Gasteiger partial charge in [-0.15, -0.1) is 0 Å². The summed E-state index contributed by atoms with van der Waals surface area (Å²) in [6, 6.07) is 14.4. The first-order valence-corrected chi connectivity index (χ1v) is 10.4. The molecule has 6 nitrogen and oxygen atoms in total. The van der Waals surface area contributed by atoms with Crippen molar-refractivity contribution in [1.29, 1.82) is 0 Å². The maximum Gasteiger partial charge on any atom is 0.293 e. The first kappa shape index (κ1) is 20.0. The number of amides is 2. The molecule has 0 spiro atoms. The summed E-state index contributed by atoms with van der Waals surface area (Å²) in [6.07, 6.45) is 6.25. The van der Waals surface area contributed by atoms with E-state index in [0.29, 0.717) is 40.4 Å². The lowest BCUT2D eigenvalue weighted by Crippen LogP contribution is -2.17. The van der Waals surface area contributed by atoms with Crippen LogP contribution < -0.4 is 15.4 Å². The van der Waals surface area contributed by atoms with Crippen LogP contribution in [0.3, 0.4) is 0 Å². The Kier molecular flexibility index (Phi) is 6.02. The minimum absolute atomic E-state index is 0.0910. The Morgan fingerprint density at radius 1 is 1.07 bits per heavy atom. The summed E-state index contributed by atoms with van der Waals surface area (Å²) in [5, 5.41) is 6.46. The molecule has 0 saturated heterocycles. The van der Waals surface area contributed by atoms with Crippen LogP contribution in [-0.2, 0) is 4.79 Å². The van der Waals surface area contributed by atoms with Crippen molar-refractivity contribution in [3.8, 4) is 5.75 Å². The van der Waals surface area contributed by atoms with Gasteiger partial charge in [-0.25, -0.2) is 0 Å². The average Bonchev–Trinajstić information content (AvgIpc) is 3.41. The second kappa shape index (κ2) is 9.03. The van der Waals surface area contributed by atoms with E-state index < -0.39 is 5.91 Å². The second-order valence-corrected chi connectivity index (χ2v) is 7.73. The lowest BCUT2D eigenvalue weighted by Gasteiger charge is -2.10. The van der Waals surface area contributed by atoms with Crippen molar-refractivity contribution in [3.05, 3.63) is 54.3 Å². The van der Waals surface area contributed by atoms with Gasteiger partial charge in [-0.05, 0) is 36.6 Å². The van der Waals surface area contributed by atoms with Crippen LogP contribution in [0.5, 0.6) is 5.75 Å². The number of fused-ring (bicyclic) bond motifs is 1. The Morgan fingerprint density at radius 3 is 2.67 bits per heavy atom. The van der Waals surface area contributed by atoms with E-state index in [9.17, 15) is 9.59 Å². The van der Waals surface area contributed by atoms with Gasteiger partial charge in [-0.1, -0.05) is 43.9 Å². The van der Waals surface area contributed by atoms with Crippen LogP contribution in [0.15, 0.2) is 52.9 Å². The molecule has 4 rings (SSSR count). The number of ether oxygens (including phenoxy) is 1. The Hall–Kier alpha value is -3.28. The van der Waals surface area contributed by atoms with E-state index in [1.807, 2.05) is 18.2 Å². The molecule has 0 bridgehead atoms. The maximum absolute atomic E-state index is 13.0. The molecule has 156 valence electrons. The number of nitrogens with one attached hydrogen (secondary N) is 2. The molecule has 1 saturated carbocycles. The fourth-order valence-corrected chi connectivity index (χ4v) is 4.05. The predicted molar refractivity (Wildman–Crippen MR) is 117 cm³/mol. The highest BCUT2D eigenvalue weighted by atomic mass is 16.5. The third kappa shape index (κ3) is 4.48. The number of benzene rings is 2. The van der Waals surface area contributed by atoms with E-state index in [2.05, 4.69) is 10.6 Å². The third-order valence-electron chi connectivity index (χ3n) is 5.65. The average molecular weight is 406 g/mol. The fraction of sp³-hybridized carbons (Fsp3) is 0.333. The highest BCUT2D eigenvalue weighted by molar-refractivity contribution is 6.14. The molecule has 30 heavy (non-hydrogen) atoms. The number of hydrogen-bond donors (Lipinski definition) is 2. The van der Waals surface area contributed by atoms with E-state index in [4.69, 9.17) is 9.15 Å². The molecule has 2 N–H and O–H groups in total. The van der Waals surface area contributed by atoms with E-state index >= 15 is 0 Å². The molecular formula is C24H26N2O4. The molecule has 2 amide bonds. The molecule has 3 aromatic rings. The smallest absolute Gasteiger partial charge is 0.293 e. The highest BCUT2D eigenvalue weighted by Gasteiger charge is 2.23. The number of anilines is 2. The normalized spacial score (nSPS) is 14.0. The van der Waals surface area contributed by atoms with Gasteiger partial charge < -0.3 is 19.8 Å². The van der Waals surface area contributed by atoms with E-state index in [0.717, 1.165) is 6.42 Å². The zero-order valence-electron chi connectivity index (χ0n) is 17.1. The molecule has 1 aromatic heterocycles. The number of hydrogen-bond acceptors (Lipinski definition) is 4. The minimum atomic E-state index is -0.425. The highest BCUT2D eigenvalue weighted by Crippen LogP contribution is 2.33. The summed E-state index contributed by atoms with van der Waals surface area (Å²) in [7, 11) is 1.57. The molecule has 0 unspecified atom stereocenters. The minimum Gasteiger partial charge on any atom is -0.497 e. The van der Waals surface area contributed by atoms with Crippen molar-refractivity contribution < 1.29 is 18.7 Å². The lowest BCUT2D eigenvalue weighted by molar-refractivity contribution is -0.116. The van der Waals surface area contributed by atoms with Crippen LogP contribution in [-0.4, -0.2) is 18.9 Å². The van der Waals surface area contributed by atoms with E-state index in [1.54, 1.807) is 37.4 Å². The summed E-state index contributed by atoms with van der Waals surface area (Å²) in [6.45, 7) is 0. The fourth-order valence-electron chi connectivity index (χ4n) is 4.05. The zero-order valence-corrected chi connectivity index (χ0v) is 17.1. The Morgan fingerprint density at radius 2 is 1.87 bits per heavy atom. The Balaban J connectivity index is 1.54. The number of para-hydroxylation sites is 1. The SMILES string of the molecule is COc1cccc(NC(=O)c2oc3ccccc3c2NC(=O)CCC2CCCC2)c1. The summed E-state index contributed by atoms with van der Waals surface area (Å²) in [5.74, 6) is 0.841. The number of furan rings is 1. The standard InChI is InChI=1S/C24H26N2O4/c1-29-18-10-6-9-17(15-18)25-24(28)23-22(19-11-4-5-12-20(19)30-23)26-21(27)14-13-16-7-2-3-8-16/h4-6,9-12,15-16H,2-3,7-8,13-14H2,1H3,(H,25,28)(H,26,27). The van der Waals surface area contributed by atoms with Crippen LogP contribution in [0.4, 0.5) is 11.4 Å². The van der Waals surface area contributed by atoms with Crippen molar-refractivity contribution in [3.63, 3.8) is 0 Å². The van der Waals surface area contributed by atoms with Gasteiger partial charge in [0.15, 0.2) is 0 Å². The molecule has 1 fully saturated rings. The van der Waals surface area contributed by atoms with Crippen molar-refractivity contribution in [2.45, 2.75) is 38.5 Å². The zero-order chi connectivity index (χ0) is 20.9. The van der Waals surface area contributed by atoms with Gasteiger partial charge >= 0.3 is 0 Å². The largest absolute Gasteiger partial charge is 0.497 e. The Bertz CT molecular complexity index is 1050. The van der Waals surface area contributed by atoms with Gasteiger partial charge in [0.25, 0.3) is 5.91 Å². The number of methoxy groups -OCH3 is 1. The van der Waals surface area contributed by atoms with Crippen LogP contribution in [0.1, 0.15) is 49.1 Å². The summed E-state index contributed by atoms with van der Waals surface area (Å²) in [4.78, 5) is 25.6. The van der Waals surface area contributed by atoms with E-state index in [1.165, 1.54) is 25.7 Å². The first-order chi connectivity index (χ1) is 14.6. The lowest BCUT2D eigenvalue weighted by atomic mass is 10.0. The molecule has 0 radical (unpaired) electrons. The molecule has 1 heterocycles. The van der Waals surface area contributed by atoms with Crippen LogP contribution in [0, 0.1) is 5.92 Å². The molecule has 1 aliphatic carbocycles. The topological polar surface area (TPSA) is 80.6 Å². The Labute approximate surface area is 175 Å². The second-order valence-electron chi connectivity index (χ2n) is 7.73. The molecular weight excluding hydrogens is 380 g/mol. The summed E-state index contributed by atoms with van der Waals surface area (Å²) in [5.41, 5.74) is 1.56. The van der Waals surface area contributed by atoms with Crippen molar-refractivity contribution in [2.24, 2.45) is 5.92 Å². The van der Waals surface area contributed by atoms with Crippen molar-refractivity contribution in [1.82, 2.24) is 0 Å². The first-order valence-electron chi connectivity index (χ1n) is 10.4. The molecule has 6 heteroatoms. The van der Waals surface area contributed by atoms with Gasteiger partial charge in [0.1, 0.15) is 17.0 Å². The maximum atomic E-state index is 13.0. The van der Waals surface area contributed by atoms with Gasteiger partial charge in [-0.2, -0.15) is 0 Å². The van der Waals surface area contributed by atoms with Crippen LogP contribution >= 0.6 is 0 Å². The summed E-state index contributed by atoms with van der Waals surface area (Å²) >= 11 is 0. The third-order valence-corrected chi connectivity index (χ3v) is 5.65. The van der Waals surface area contributed by atoms with Crippen LogP contribution in [0.2, 0.25) is 0 Å². The molecule has 2 aromatic carbocycles. The molecule has 1 aliphatic rings. The van der Waals surface area contributed by atoms with Gasteiger partial charge in [0.05, 0.1) is 7.11 Å².